The first kappa shape index (κ1) is 23.8. The molecule has 29 heavy (non-hydrogen) atoms. The highest BCUT2D eigenvalue weighted by atomic mass is 14.9. The Hall–Kier alpha value is -1.50. The summed E-state index contributed by atoms with van der Waals surface area (Å²) in [6.45, 7) is 7.85. The van der Waals surface area contributed by atoms with Gasteiger partial charge in [-0.05, 0) is 36.8 Å². The van der Waals surface area contributed by atoms with Gasteiger partial charge in [0.05, 0.1) is 0 Å². The summed E-state index contributed by atoms with van der Waals surface area (Å²) < 4.78 is 0. The van der Waals surface area contributed by atoms with Crippen molar-refractivity contribution in [3.05, 3.63) is 41.5 Å². The van der Waals surface area contributed by atoms with Gasteiger partial charge >= 0.3 is 0 Å². The van der Waals surface area contributed by atoms with Crippen LogP contribution in [0.4, 0.5) is 5.69 Å². The average Bonchev–Trinajstić information content (AvgIpc) is 2.73. The van der Waals surface area contributed by atoms with E-state index in [4.69, 9.17) is 0 Å². The summed E-state index contributed by atoms with van der Waals surface area (Å²) >= 11 is 0. The molecule has 0 bridgehead atoms. The van der Waals surface area contributed by atoms with Crippen LogP contribution in [0.3, 0.4) is 0 Å². The van der Waals surface area contributed by atoms with E-state index in [0.717, 1.165) is 6.54 Å². The molecule has 0 aliphatic heterocycles. The van der Waals surface area contributed by atoms with Gasteiger partial charge in [-0.15, -0.1) is 0 Å². The van der Waals surface area contributed by atoms with Crippen molar-refractivity contribution >= 4 is 16.5 Å². The second-order valence-electron chi connectivity index (χ2n) is 8.94. The summed E-state index contributed by atoms with van der Waals surface area (Å²) in [6.07, 6.45) is 19.9. The topological polar surface area (TPSA) is 12.0 Å². The van der Waals surface area contributed by atoms with Crippen molar-refractivity contribution in [2.45, 2.75) is 111 Å². The molecule has 0 radical (unpaired) electrons. The molecular formula is C28H45N. The van der Waals surface area contributed by atoms with Crippen LogP contribution in [0.15, 0.2) is 30.3 Å². The molecule has 0 heterocycles. The first-order chi connectivity index (χ1) is 14.2. The van der Waals surface area contributed by atoms with Crippen molar-refractivity contribution < 1.29 is 0 Å². The number of hydrogen-bond donors (Lipinski definition) is 1. The summed E-state index contributed by atoms with van der Waals surface area (Å²) in [5, 5.41) is 6.45. The third-order valence-corrected chi connectivity index (χ3v) is 6.40. The molecule has 162 valence electrons. The zero-order valence-corrected chi connectivity index (χ0v) is 19.5. The molecule has 2 rings (SSSR count). The maximum absolute atomic E-state index is 3.74. The Morgan fingerprint density at radius 3 is 1.76 bits per heavy atom. The standard InChI is InChI=1S/C28H45N/c1-4-5-6-7-8-9-10-11-12-13-14-15-16-19-22-29-28-25(3)24(2)23-26-20-17-18-21-27(26)28/h17-18,20-21,23,29H,4-16,19,22H2,1-3H3. The molecule has 0 saturated heterocycles. The van der Waals surface area contributed by atoms with Crippen LogP contribution < -0.4 is 5.32 Å². The summed E-state index contributed by atoms with van der Waals surface area (Å²) in [7, 11) is 0. The molecule has 0 amide bonds. The van der Waals surface area contributed by atoms with E-state index in [0.29, 0.717) is 0 Å². The van der Waals surface area contributed by atoms with Gasteiger partial charge in [0, 0.05) is 17.6 Å². The smallest absolute Gasteiger partial charge is 0.0452 e. The van der Waals surface area contributed by atoms with Crippen LogP contribution in [0.25, 0.3) is 10.8 Å². The van der Waals surface area contributed by atoms with Crippen LogP contribution in [-0.2, 0) is 0 Å². The largest absolute Gasteiger partial charge is 0.384 e. The third-order valence-electron chi connectivity index (χ3n) is 6.40. The lowest BCUT2D eigenvalue weighted by molar-refractivity contribution is 0.537. The molecule has 0 atom stereocenters. The first-order valence-electron chi connectivity index (χ1n) is 12.5. The monoisotopic (exact) mass is 395 g/mol. The van der Waals surface area contributed by atoms with Gasteiger partial charge in [0.15, 0.2) is 0 Å². The Kier molecular flexibility index (Phi) is 11.9. The molecule has 0 aromatic heterocycles. The van der Waals surface area contributed by atoms with Crippen LogP contribution in [0, 0.1) is 13.8 Å². The van der Waals surface area contributed by atoms with Crippen LogP contribution in [0.1, 0.15) is 108 Å². The molecule has 0 saturated carbocycles. The predicted octanol–water partition coefficient (Wildman–Crippen LogP) is 9.35. The molecule has 2 aromatic carbocycles. The molecule has 0 aliphatic carbocycles. The van der Waals surface area contributed by atoms with Crippen LogP contribution in [0.2, 0.25) is 0 Å². The fourth-order valence-electron chi connectivity index (χ4n) is 4.35. The fourth-order valence-corrected chi connectivity index (χ4v) is 4.35. The normalized spacial score (nSPS) is 11.3. The van der Waals surface area contributed by atoms with E-state index in [-0.39, 0.29) is 0 Å². The van der Waals surface area contributed by atoms with Crippen LogP contribution in [0.5, 0.6) is 0 Å². The van der Waals surface area contributed by atoms with Gasteiger partial charge in [-0.2, -0.15) is 0 Å². The zero-order chi connectivity index (χ0) is 20.7. The van der Waals surface area contributed by atoms with E-state index < -0.39 is 0 Å². The minimum absolute atomic E-state index is 1.09. The Bertz CT molecular complexity index is 688. The number of rotatable bonds is 16. The van der Waals surface area contributed by atoms with E-state index in [1.807, 2.05) is 0 Å². The highest BCUT2D eigenvalue weighted by Crippen LogP contribution is 2.30. The highest BCUT2D eigenvalue weighted by molar-refractivity contribution is 5.96. The first-order valence-corrected chi connectivity index (χ1v) is 12.5. The third kappa shape index (κ3) is 8.81. The number of aryl methyl sites for hydroxylation is 1. The SMILES string of the molecule is CCCCCCCCCCCCCCCCNc1c(C)c(C)cc2ccccc12. The van der Waals surface area contributed by atoms with E-state index in [9.17, 15) is 0 Å². The van der Waals surface area contributed by atoms with Crippen molar-refractivity contribution in [1.29, 1.82) is 0 Å². The maximum Gasteiger partial charge on any atom is 0.0452 e. The van der Waals surface area contributed by atoms with E-state index in [1.165, 1.54) is 117 Å². The minimum atomic E-state index is 1.09. The second-order valence-corrected chi connectivity index (χ2v) is 8.94. The quantitative estimate of drug-likeness (QED) is 0.279. The lowest BCUT2D eigenvalue weighted by Crippen LogP contribution is -2.04. The van der Waals surface area contributed by atoms with Crippen molar-refractivity contribution in [1.82, 2.24) is 0 Å². The van der Waals surface area contributed by atoms with Crippen LogP contribution >= 0.6 is 0 Å². The molecule has 1 N–H and O–H groups in total. The molecule has 2 aromatic rings. The Morgan fingerprint density at radius 1 is 0.655 bits per heavy atom. The summed E-state index contributed by atoms with van der Waals surface area (Å²) in [5.74, 6) is 0. The second kappa shape index (κ2) is 14.5. The van der Waals surface area contributed by atoms with Gasteiger partial charge in [-0.3, -0.25) is 0 Å². The van der Waals surface area contributed by atoms with Crippen molar-refractivity contribution in [3.8, 4) is 0 Å². The minimum Gasteiger partial charge on any atom is -0.384 e. The number of nitrogens with one attached hydrogen (secondary N) is 1. The molecule has 0 unspecified atom stereocenters. The van der Waals surface area contributed by atoms with Gasteiger partial charge < -0.3 is 5.32 Å². The van der Waals surface area contributed by atoms with Crippen molar-refractivity contribution in [2.24, 2.45) is 0 Å². The van der Waals surface area contributed by atoms with Gasteiger partial charge in [0.1, 0.15) is 0 Å². The highest BCUT2D eigenvalue weighted by Gasteiger charge is 2.07. The average molecular weight is 396 g/mol. The molecule has 0 aliphatic rings. The number of benzene rings is 2. The van der Waals surface area contributed by atoms with Crippen molar-refractivity contribution in [3.63, 3.8) is 0 Å². The van der Waals surface area contributed by atoms with Crippen LogP contribution in [-0.4, -0.2) is 6.54 Å². The zero-order valence-electron chi connectivity index (χ0n) is 19.5. The Balaban J connectivity index is 1.50. The fraction of sp³-hybridized carbons (Fsp3) is 0.643. The van der Waals surface area contributed by atoms with Gasteiger partial charge in [0.2, 0.25) is 0 Å². The lowest BCUT2D eigenvalue weighted by Gasteiger charge is -2.15. The van der Waals surface area contributed by atoms with E-state index in [1.54, 1.807) is 0 Å². The molecule has 0 spiro atoms. The van der Waals surface area contributed by atoms with Gasteiger partial charge in [0.25, 0.3) is 0 Å². The Morgan fingerprint density at radius 2 is 1.17 bits per heavy atom. The summed E-state index contributed by atoms with van der Waals surface area (Å²) in [4.78, 5) is 0. The predicted molar refractivity (Wildman–Crippen MR) is 132 cm³/mol. The van der Waals surface area contributed by atoms with Crippen molar-refractivity contribution in [2.75, 3.05) is 11.9 Å². The number of anilines is 1. The Labute approximate surface area is 180 Å². The van der Waals surface area contributed by atoms with Gasteiger partial charge in [-0.1, -0.05) is 121 Å². The molecule has 1 heteroatoms. The van der Waals surface area contributed by atoms with Gasteiger partial charge in [-0.25, -0.2) is 0 Å². The number of hydrogen-bond acceptors (Lipinski definition) is 1. The number of unbranched alkanes of at least 4 members (excludes halogenated alkanes) is 13. The number of fused-ring (bicyclic) bond motifs is 1. The molecular weight excluding hydrogens is 350 g/mol. The van der Waals surface area contributed by atoms with E-state index in [2.05, 4.69) is 56.4 Å². The maximum atomic E-state index is 3.74. The lowest BCUT2D eigenvalue weighted by atomic mass is 9.99. The molecule has 0 fully saturated rings. The summed E-state index contributed by atoms with van der Waals surface area (Å²) in [5.41, 5.74) is 4.12. The molecule has 1 nitrogen and oxygen atoms in total. The summed E-state index contributed by atoms with van der Waals surface area (Å²) in [6, 6.07) is 11.1. The van der Waals surface area contributed by atoms with E-state index >= 15 is 0 Å².